The van der Waals surface area contributed by atoms with Gasteiger partial charge in [0.05, 0.1) is 0 Å². The molecule has 2 aromatic carbocycles. The van der Waals surface area contributed by atoms with E-state index in [0.29, 0.717) is 0 Å². The van der Waals surface area contributed by atoms with E-state index in [1.807, 2.05) is 56.4 Å². The highest BCUT2D eigenvalue weighted by molar-refractivity contribution is 7.20. The molecule has 1 heterocycles. The van der Waals surface area contributed by atoms with Gasteiger partial charge in [0.1, 0.15) is 0 Å². The third kappa shape index (κ3) is 9.27. The first-order chi connectivity index (χ1) is 18.0. The van der Waals surface area contributed by atoms with Crippen molar-refractivity contribution >= 4 is 39.4 Å². The molecule has 0 spiro atoms. The Balaban J connectivity index is 0.000000201. The predicted molar refractivity (Wildman–Crippen MR) is 168 cm³/mol. The van der Waals surface area contributed by atoms with Crippen LogP contribution in [0.3, 0.4) is 0 Å². The van der Waals surface area contributed by atoms with Crippen LogP contribution in [0.1, 0.15) is 111 Å². The topological polar surface area (TPSA) is 17.1 Å². The van der Waals surface area contributed by atoms with Crippen LogP contribution < -0.4 is 0 Å². The van der Waals surface area contributed by atoms with Gasteiger partial charge in [-0.25, -0.2) is 0 Å². The van der Waals surface area contributed by atoms with E-state index in [1.54, 1.807) is 6.08 Å². The van der Waals surface area contributed by atoms with Gasteiger partial charge in [0, 0.05) is 20.5 Å². The third-order valence-corrected chi connectivity index (χ3v) is 7.78. The highest BCUT2D eigenvalue weighted by atomic mass is 32.1. The second-order valence-corrected chi connectivity index (χ2v) is 10.5. The Bertz CT molecular complexity index is 1200. The van der Waals surface area contributed by atoms with Crippen molar-refractivity contribution in [3.63, 3.8) is 0 Å². The highest BCUT2D eigenvalue weighted by Gasteiger charge is 2.12. The van der Waals surface area contributed by atoms with Gasteiger partial charge in [-0.2, -0.15) is 0 Å². The van der Waals surface area contributed by atoms with Gasteiger partial charge in [-0.1, -0.05) is 126 Å². The zero-order valence-electron chi connectivity index (χ0n) is 23.9. The third-order valence-electron chi connectivity index (χ3n) is 6.46. The molecule has 0 saturated carbocycles. The quantitative estimate of drug-likeness (QED) is 0.316. The van der Waals surface area contributed by atoms with Crippen LogP contribution in [0.2, 0.25) is 0 Å². The first kappa shape index (κ1) is 30.5. The predicted octanol–water partition coefficient (Wildman–Crippen LogP) is 11.4. The highest BCUT2D eigenvalue weighted by Crippen LogP contribution is 2.36. The summed E-state index contributed by atoms with van der Waals surface area (Å²) >= 11 is 1.90. The molecule has 0 radical (unpaired) electrons. The maximum Gasteiger partial charge on any atom is 0.186 e. The van der Waals surface area contributed by atoms with E-state index < -0.39 is 0 Å². The van der Waals surface area contributed by atoms with E-state index in [1.165, 1.54) is 69.3 Å². The minimum Gasteiger partial charge on any atom is -0.289 e. The first-order valence-corrected chi connectivity index (χ1v) is 15.0. The molecule has 198 valence electrons. The van der Waals surface area contributed by atoms with Gasteiger partial charge in [0.25, 0.3) is 0 Å². The molecule has 5 rings (SSSR count). The lowest BCUT2D eigenvalue weighted by atomic mass is 10.0. The lowest BCUT2D eigenvalue weighted by Gasteiger charge is -2.01. The molecule has 0 atom stereocenters. The van der Waals surface area contributed by atoms with Gasteiger partial charge < -0.3 is 0 Å². The Labute approximate surface area is 230 Å². The van der Waals surface area contributed by atoms with Crippen molar-refractivity contribution < 1.29 is 4.79 Å². The van der Waals surface area contributed by atoms with Crippen LogP contribution in [0.25, 0.3) is 22.2 Å². The van der Waals surface area contributed by atoms with Crippen LogP contribution in [0.5, 0.6) is 0 Å². The number of benzene rings is 2. The summed E-state index contributed by atoms with van der Waals surface area (Å²) in [5.41, 5.74) is 6.01. The van der Waals surface area contributed by atoms with Gasteiger partial charge in [-0.3, -0.25) is 4.79 Å². The normalized spacial score (nSPS) is 13.4. The molecule has 2 aliphatic rings. The summed E-state index contributed by atoms with van der Waals surface area (Å²) in [5, 5.41) is 1.40. The summed E-state index contributed by atoms with van der Waals surface area (Å²) < 4.78 is 1.43. The molecule has 0 fully saturated rings. The molecule has 37 heavy (non-hydrogen) atoms. The molecular formula is C35H46OS. The van der Waals surface area contributed by atoms with Gasteiger partial charge in [-0.05, 0) is 62.0 Å². The fourth-order valence-electron chi connectivity index (χ4n) is 4.39. The average Bonchev–Trinajstić information content (AvgIpc) is 3.04. The average molecular weight is 515 g/mol. The minimum absolute atomic E-state index is 0.158. The molecule has 1 nitrogen and oxygen atoms in total. The molecule has 1 aromatic heterocycles. The van der Waals surface area contributed by atoms with Crippen LogP contribution in [-0.2, 0) is 6.42 Å². The SMILES string of the molecule is CC.CC1=CC(=O)c2ccccc2CC1.CCCCCCC.Cc1cccc2c3c(sc12)C=CCC=C3. The maximum absolute atomic E-state index is 11.6. The van der Waals surface area contributed by atoms with E-state index in [-0.39, 0.29) is 5.78 Å². The molecule has 0 N–H and O–H groups in total. The molecule has 0 bridgehead atoms. The van der Waals surface area contributed by atoms with Crippen molar-refractivity contribution in [2.24, 2.45) is 0 Å². The first-order valence-electron chi connectivity index (χ1n) is 14.2. The van der Waals surface area contributed by atoms with Crippen molar-refractivity contribution in [2.75, 3.05) is 0 Å². The Hall–Kier alpha value is -2.71. The number of rotatable bonds is 4. The Morgan fingerprint density at radius 1 is 0.811 bits per heavy atom. The zero-order chi connectivity index (χ0) is 27.0. The summed E-state index contributed by atoms with van der Waals surface area (Å²) in [6.07, 6.45) is 20.8. The standard InChI is InChI=1S/C14H12S.C12H12O.C7H16.C2H6/c1-10-6-5-8-12-11-7-3-2-4-9-13(11)15-14(10)12;1-9-6-7-10-4-2-3-5-11(10)12(13)8-9;1-3-5-7-6-4-2;1-2/h3-9H,2H2,1H3;2-5,8H,6-7H2,1H3;3-7H2,1-2H3;1-2H3. The van der Waals surface area contributed by atoms with Crippen LogP contribution in [-0.4, -0.2) is 5.78 Å². The number of unbranched alkanes of at least 4 members (excludes halogenated alkanes) is 4. The van der Waals surface area contributed by atoms with Gasteiger partial charge in [0.15, 0.2) is 5.78 Å². The zero-order valence-corrected chi connectivity index (χ0v) is 24.7. The number of ketones is 1. The van der Waals surface area contributed by atoms with Gasteiger partial charge in [0.2, 0.25) is 0 Å². The van der Waals surface area contributed by atoms with Crippen LogP contribution in [0, 0.1) is 6.92 Å². The molecule has 0 saturated heterocycles. The monoisotopic (exact) mass is 514 g/mol. The van der Waals surface area contributed by atoms with Crippen molar-refractivity contribution in [3.8, 4) is 0 Å². The number of thiophene rings is 1. The summed E-state index contributed by atoms with van der Waals surface area (Å²) in [5.74, 6) is 0.158. The fourth-order valence-corrected chi connectivity index (χ4v) is 5.58. The number of carbonyl (C=O) groups excluding carboxylic acids is 1. The molecule has 3 aromatic rings. The summed E-state index contributed by atoms with van der Waals surface area (Å²) in [6.45, 7) is 12.7. The van der Waals surface area contributed by atoms with Crippen molar-refractivity contribution in [1.82, 2.24) is 0 Å². The Kier molecular flexibility index (Phi) is 14.0. The van der Waals surface area contributed by atoms with E-state index >= 15 is 0 Å². The number of aryl methyl sites for hydroxylation is 2. The second kappa shape index (κ2) is 16.9. The van der Waals surface area contributed by atoms with Crippen LogP contribution in [0.15, 0.2) is 66.3 Å². The molecule has 2 heteroatoms. The number of allylic oxidation sites excluding steroid dienone is 4. The number of hydrogen-bond acceptors (Lipinski definition) is 2. The lowest BCUT2D eigenvalue weighted by molar-refractivity contribution is 0.104. The van der Waals surface area contributed by atoms with E-state index in [0.717, 1.165) is 24.8 Å². The minimum atomic E-state index is 0.158. The molecule has 0 amide bonds. The number of fused-ring (bicyclic) bond motifs is 4. The number of hydrogen-bond donors (Lipinski definition) is 0. The Morgan fingerprint density at radius 3 is 2.24 bits per heavy atom. The Morgan fingerprint density at radius 2 is 1.51 bits per heavy atom. The van der Waals surface area contributed by atoms with Crippen molar-refractivity contribution in [1.29, 1.82) is 0 Å². The fraction of sp³-hybridized carbons (Fsp3) is 0.400. The molecule has 2 aliphatic carbocycles. The van der Waals surface area contributed by atoms with Crippen LogP contribution in [0.4, 0.5) is 0 Å². The molecule has 0 unspecified atom stereocenters. The van der Waals surface area contributed by atoms with E-state index in [4.69, 9.17) is 0 Å². The van der Waals surface area contributed by atoms with Gasteiger partial charge in [-0.15, -0.1) is 11.3 Å². The molecule has 0 aliphatic heterocycles. The van der Waals surface area contributed by atoms with Crippen molar-refractivity contribution in [2.45, 2.75) is 92.9 Å². The van der Waals surface area contributed by atoms with Gasteiger partial charge >= 0.3 is 0 Å². The largest absolute Gasteiger partial charge is 0.289 e. The van der Waals surface area contributed by atoms with Crippen molar-refractivity contribution in [3.05, 3.63) is 93.4 Å². The smallest absolute Gasteiger partial charge is 0.186 e. The molecular weight excluding hydrogens is 468 g/mol. The van der Waals surface area contributed by atoms with E-state index in [2.05, 4.69) is 63.3 Å². The van der Waals surface area contributed by atoms with E-state index in [9.17, 15) is 4.79 Å². The lowest BCUT2D eigenvalue weighted by Crippen LogP contribution is -1.97. The van der Waals surface area contributed by atoms with Crippen LogP contribution >= 0.6 is 11.3 Å². The summed E-state index contributed by atoms with van der Waals surface area (Å²) in [6, 6.07) is 14.4. The second-order valence-electron chi connectivity index (χ2n) is 9.44. The summed E-state index contributed by atoms with van der Waals surface area (Å²) in [7, 11) is 0. The summed E-state index contributed by atoms with van der Waals surface area (Å²) in [4.78, 5) is 13.0. The number of carbonyl (C=O) groups is 1. The maximum atomic E-state index is 11.6.